The molecule has 0 radical (unpaired) electrons. The molecule has 7 nitrogen and oxygen atoms in total. The minimum atomic E-state index is 0.346. The molecular weight excluding hydrogens is 326 g/mol. The number of aromatic nitrogens is 5. The van der Waals surface area contributed by atoms with Gasteiger partial charge >= 0.3 is 0 Å². The number of rotatable bonds is 5. The first-order valence-electron chi connectivity index (χ1n) is 9.00. The van der Waals surface area contributed by atoms with Gasteiger partial charge in [-0.25, -0.2) is 15.0 Å². The van der Waals surface area contributed by atoms with Gasteiger partial charge in [0.2, 0.25) is 0 Å². The molecule has 0 amide bonds. The highest BCUT2D eigenvalue weighted by atomic mass is 15.2. The number of hydrogen-bond acceptors (Lipinski definition) is 6. The zero-order chi connectivity index (χ0) is 17.8. The van der Waals surface area contributed by atoms with Crippen LogP contribution in [-0.2, 0) is 6.54 Å². The van der Waals surface area contributed by atoms with Crippen molar-refractivity contribution in [3.63, 3.8) is 0 Å². The molecule has 0 aliphatic carbocycles. The third-order valence-electron chi connectivity index (χ3n) is 4.79. The van der Waals surface area contributed by atoms with Crippen LogP contribution in [0.5, 0.6) is 0 Å². The SMILES string of the molecule is Cc1cccnc1Nc1nccnc1[C@@H]1CCCN(Cc2ncc[nH]2)C1. The predicted octanol–water partition coefficient (Wildman–Crippen LogP) is 3.03. The van der Waals surface area contributed by atoms with Gasteiger partial charge in [-0.2, -0.15) is 0 Å². The topological polar surface area (TPSA) is 82.6 Å². The molecular formula is C19H23N7. The number of likely N-dealkylation sites (tertiary alicyclic amines) is 1. The first-order valence-corrected chi connectivity index (χ1v) is 9.00. The maximum Gasteiger partial charge on any atom is 0.153 e. The summed E-state index contributed by atoms with van der Waals surface area (Å²) in [6, 6.07) is 3.98. The van der Waals surface area contributed by atoms with Crippen molar-refractivity contribution in [2.24, 2.45) is 0 Å². The van der Waals surface area contributed by atoms with Crippen LogP contribution in [0.15, 0.2) is 43.1 Å². The molecule has 1 fully saturated rings. The van der Waals surface area contributed by atoms with Gasteiger partial charge in [0.15, 0.2) is 5.82 Å². The Bertz CT molecular complexity index is 847. The van der Waals surface area contributed by atoms with Crippen LogP contribution < -0.4 is 5.32 Å². The smallest absolute Gasteiger partial charge is 0.153 e. The average Bonchev–Trinajstić information content (AvgIpc) is 3.17. The molecule has 1 aliphatic rings. The number of pyridine rings is 1. The predicted molar refractivity (Wildman–Crippen MR) is 100 cm³/mol. The number of nitrogens with one attached hydrogen (secondary N) is 2. The number of anilines is 2. The van der Waals surface area contributed by atoms with E-state index in [0.717, 1.165) is 61.2 Å². The van der Waals surface area contributed by atoms with Crippen LogP contribution in [-0.4, -0.2) is 42.9 Å². The Morgan fingerprint density at radius 2 is 2.00 bits per heavy atom. The summed E-state index contributed by atoms with van der Waals surface area (Å²) in [5, 5.41) is 3.38. The Balaban J connectivity index is 1.53. The van der Waals surface area contributed by atoms with E-state index in [1.807, 2.05) is 25.3 Å². The minimum Gasteiger partial charge on any atom is -0.348 e. The van der Waals surface area contributed by atoms with Crippen molar-refractivity contribution < 1.29 is 0 Å². The van der Waals surface area contributed by atoms with E-state index in [1.54, 1.807) is 24.8 Å². The fourth-order valence-electron chi connectivity index (χ4n) is 3.49. The van der Waals surface area contributed by atoms with Crippen LogP contribution in [0.25, 0.3) is 0 Å². The van der Waals surface area contributed by atoms with Crippen LogP contribution in [0.2, 0.25) is 0 Å². The van der Waals surface area contributed by atoms with Crippen molar-refractivity contribution >= 4 is 11.6 Å². The van der Waals surface area contributed by atoms with Gasteiger partial charge in [0.25, 0.3) is 0 Å². The highest BCUT2D eigenvalue weighted by molar-refractivity contribution is 5.57. The molecule has 0 saturated carbocycles. The van der Waals surface area contributed by atoms with Crippen molar-refractivity contribution in [3.8, 4) is 0 Å². The molecule has 4 heterocycles. The standard InChI is InChI=1S/C19H23N7/c1-14-4-2-6-23-18(14)25-19-17(22-9-10-24-19)15-5-3-11-26(12-15)13-16-20-7-8-21-16/h2,4,6-10,15H,3,5,11-13H2,1H3,(H,20,21)(H,23,24,25)/t15-/m1/s1. The zero-order valence-electron chi connectivity index (χ0n) is 14.9. The van der Waals surface area contributed by atoms with Gasteiger partial charge in [0.05, 0.1) is 12.2 Å². The quantitative estimate of drug-likeness (QED) is 0.737. The fraction of sp³-hybridized carbons (Fsp3) is 0.368. The van der Waals surface area contributed by atoms with E-state index in [2.05, 4.69) is 35.1 Å². The van der Waals surface area contributed by atoms with Crippen LogP contribution >= 0.6 is 0 Å². The van der Waals surface area contributed by atoms with Crippen LogP contribution in [0.1, 0.15) is 35.8 Å². The monoisotopic (exact) mass is 349 g/mol. The molecule has 7 heteroatoms. The summed E-state index contributed by atoms with van der Waals surface area (Å²) in [5.74, 6) is 2.99. The Morgan fingerprint density at radius 1 is 1.12 bits per heavy atom. The third-order valence-corrected chi connectivity index (χ3v) is 4.79. The van der Waals surface area contributed by atoms with E-state index in [0.29, 0.717) is 5.92 Å². The van der Waals surface area contributed by atoms with Crippen LogP contribution in [0, 0.1) is 6.92 Å². The van der Waals surface area contributed by atoms with Crippen molar-refractivity contribution in [1.29, 1.82) is 0 Å². The van der Waals surface area contributed by atoms with E-state index < -0.39 is 0 Å². The zero-order valence-corrected chi connectivity index (χ0v) is 14.9. The highest BCUT2D eigenvalue weighted by Gasteiger charge is 2.25. The lowest BCUT2D eigenvalue weighted by atomic mass is 9.94. The summed E-state index contributed by atoms with van der Waals surface area (Å²) in [6.07, 6.45) is 11.2. The Labute approximate surface area is 152 Å². The van der Waals surface area contributed by atoms with Gasteiger partial charge in [-0.05, 0) is 37.9 Å². The second-order valence-electron chi connectivity index (χ2n) is 6.69. The second kappa shape index (κ2) is 7.61. The summed E-state index contributed by atoms with van der Waals surface area (Å²) in [6.45, 7) is 4.91. The first-order chi connectivity index (χ1) is 12.8. The van der Waals surface area contributed by atoms with E-state index in [4.69, 9.17) is 0 Å². The lowest BCUT2D eigenvalue weighted by Crippen LogP contribution is -2.34. The summed E-state index contributed by atoms with van der Waals surface area (Å²) in [7, 11) is 0. The Hall–Kier alpha value is -2.80. The van der Waals surface area contributed by atoms with Gasteiger partial charge in [-0.3, -0.25) is 9.88 Å². The number of hydrogen-bond donors (Lipinski definition) is 2. The first kappa shape index (κ1) is 16.7. The summed E-state index contributed by atoms with van der Waals surface area (Å²) in [5.41, 5.74) is 2.11. The Kier molecular flexibility index (Phi) is 4.88. The molecule has 1 saturated heterocycles. The van der Waals surface area contributed by atoms with Gasteiger partial charge in [0, 0.05) is 43.4 Å². The largest absolute Gasteiger partial charge is 0.348 e. The molecule has 4 rings (SSSR count). The lowest BCUT2D eigenvalue weighted by Gasteiger charge is -2.32. The molecule has 134 valence electrons. The lowest BCUT2D eigenvalue weighted by molar-refractivity contribution is 0.195. The van der Waals surface area contributed by atoms with E-state index in [9.17, 15) is 0 Å². The number of aryl methyl sites for hydroxylation is 1. The van der Waals surface area contributed by atoms with Gasteiger partial charge < -0.3 is 10.3 Å². The fourth-order valence-corrected chi connectivity index (χ4v) is 3.49. The van der Waals surface area contributed by atoms with E-state index in [1.165, 1.54) is 0 Å². The number of nitrogens with zero attached hydrogens (tertiary/aromatic N) is 5. The number of aromatic amines is 1. The Morgan fingerprint density at radius 3 is 2.85 bits per heavy atom. The molecule has 3 aromatic heterocycles. The maximum absolute atomic E-state index is 4.66. The highest BCUT2D eigenvalue weighted by Crippen LogP contribution is 2.31. The molecule has 0 aromatic carbocycles. The molecule has 26 heavy (non-hydrogen) atoms. The van der Waals surface area contributed by atoms with Crippen molar-refractivity contribution in [3.05, 3.63) is 60.2 Å². The molecule has 1 aliphatic heterocycles. The van der Waals surface area contributed by atoms with E-state index in [-0.39, 0.29) is 0 Å². The summed E-state index contributed by atoms with van der Waals surface area (Å²) in [4.78, 5) is 23.6. The van der Waals surface area contributed by atoms with Crippen LogP contribution in [0.4, 0.5) is 11.6 Å². The summed E-state index contributed by atoms with van der Waals surface area (Å²) >= 11 is 0. The molecule has 1 atom stereocenters. The third kappa shape index (κ3) is 3.72. The van der Waals surface area contributed by atoms with Crippen molar-refractivity contribution in [2.75, 3.05) is 18.4 Å². The number of H-pyrrole nitrogens is 1. The van der Waals surface area contributed by atoms with Gasteiger partial charge in [-0.1, -0.05) is 6.07 Å². The second-order valence-corrected chi connectivity index (χ2v) is 6.69. The normalized spacial score (nSPS) is 18.0. The van der Waals surface area contributed by atoms with E-state index >= 15 is 0 Å². The maximum atomic E-state index is 4.66. The van der Waals surface area contributed by atoms with Gasteiger partial charge in [0.1, 0.15) is 11.6 Å². The average molecular weight is 349 g/mol. The molecule has 2 N–H and O–H groups in total. The molecule has 0 bridgehead atoms. The number of imidazole rings is 1. The van der Waals surface area contributed by atoms with Gasteiger partial charge in [-0.15, -0.1) is 0 Å². The minimum absolute atomic E-state index is 0.346. The number of piperidine rings is 1. The van der Waals surface area contributed by atoms with Crippen molar-refractivity contribution in [2.45, 2.75) is 32.2 Å². The van der Waals surface area contributed by atoms with Crippen molar-refractivity contribution in [1.82, 2.24) is 29.8 Å². The van der Waals surface area contributed by atoms with Crippen LogP contribution in [0.3, 0.4) is 0 Å². The molecule has 3 aromatic rings. The summed E-state index contributed by atoms with van der Waals surface area (Å²) < 4.78 is 0. The molecule has 0 spiro atoms. The molecule has 0 unspecified atom stereocenters.